The Bertz CT molecular complexity index is 1620. The summed E-state index contributed by atoms with van der Waals surface area (Å²) in [4.78, 5) is 44.4. The van der Waals surface area contributed by atoms with E-state index in [-0.39, 0.29) is 47.1 Å². The number of hydrogen-bond acceptors (Lipinski definition) is 5. The molecule has 2 N–H and O–H groups in total. The average molecular weight is 583 g/mol. The molecule has 5 rings (SSSR count). The van der Waals surface area contributed by atoms with Gasteiger partial charge in [0.1, 0.15) is 10.8 Å². The second kappa shape index (κ2) is 11.4. The molecule has 0 spiro atoms. The summed E-state index contributed by atoms with van der Waals surface area (Å²) in [5, 5.41) is 13.3. The molecule has 2 aromatic carbocycles. The minimum atomic E-state index is -0.874. The standard InChI is InChI=1S/C29H28ClFN4O4S/c1-16-7-9-25(29-32-14-18(40-29)8-10-27(37)38)35(16)26(36)12-17-11-21(30)23(13-22(17)31)33-28(39)20-15-34(2)24-6-4-3-5-19(20)24/h3-6,11,13-16,25H,7-10,12H2,1-2H3,(H,33,39)(H,37,38)/t16-,25+/m1/s1. The van der Waals surface area contributed by atoms with Crippen molar-refractivity contribution in [3.05, 3.63) is 80.6 Å². The van der Waals surface area contributed by atoms with Gasteiger partial charge in [-0.25, -0.2) is 9.37 Å². The minimum absolute atomic E-state index is 0.0176. The van der Waals surface area contributed by atoms with Gasteiger partial charge in [0.25, 0.3) is 5.91 Å². The Balaban J connectivity index is 1.31. The first-order valence-corrected chi connectivity index (χ1v) is 14.1. The molecule has 8 nitrogen and oxygen atoms in total. The first kappa shape index (κ1) is 27.8. The fourth-order valence-electron chi connectivity index (χ4n) is 5.25. The van der Waals surface area contributed by atoms with Gasteiger partial charge in [-0.2, -0.15) is 0 Å². The summed E-state index contributed by atoms with van der Waals surface area (Å²) in [6.45, 7) is 1.95. The van der Waals surface area contributed by atoms with Crippen LogP contribution in [0.15, 0.2) is 48.8 Å². The van der Waals surface area contributed by atoms with Gasteiger partial charge in [0.05, 0.1) is 35.2 Å². The number of para-hydroxylation sites is 1. The number of nitrogens with one attached hydrogen (secondary N) is 1. The van der Waals surface area contributed by atoms with E-state index in [1.54, 1.807) is 17.3 Å². The first-order chi connectivity index (χ1) is 19.1. The molecule has 1 aliphatic rings. The number of benzene rings is 2. The van der Waals surface area contributed by atoms with Gasteiger partial charge in [-0.15, -0.1) is 11.3 Å². The number of carbonyl (C=O) groups excluding carboxylic acids is 2. The van der Waals surface area contributed by atoms with E-state index in [1.807, 2.05) is 42.8 Å². The number of hydrogen-bond donors (Lipinski definition) is 2. The van der Waals surface area contributed by atoms with Crippen molar-refractivity contribution in [2.45, 2.75) is 51.1 Å². The SMILES string of the molecule is C[C@@H]1CC[C@@H](c2ncc(CCC(=O)O)s2)N1C(=O)Cc1cc(Cl)c(NC(=O)c2cn(C)c3ccccc23)cc1F. The number of amides is 2. The largest absolute Gasteiger partial charge is 0.481 e. The molecule has 0 unspecified atom stereocenters. The van der Waals surface area contributed by atoms with Crippen LogP contribution in [-0.4, -0.2) is 43.4 Å². The van der Waals surface area contributed by atoms with Crippen molar-refractivity contribution >= 4 is 57.3 Å². The van der Waals surface area contributed by atoms with Crippen molar-refractivity contribution in [3.8, 4) is 0 Å². The van der Waals surface area contributed by atoms with Crippen molar-refractivity contribution in [2.24, 2.45) is 7.05 Å². The summed E-state index contributed by atoms with van der Waals surface area (Å²) < 4.78 is 17.1. The molecule has 2 amide bonds. The maximum Gasteiger partial charge on any atom is 0.303 e. The van der Waals surface area contributed by atoms with Gasteiger partial charge in [-0.3, -0.25) is 14.4 Å². The van der Waals surface area contributed by atoms with Gasteiger partial charge < -0.3 is 19.9 Å². The molecule has 0 bridgehead atoms. The molecule has 11 heteroatoms. The predicted molar refractivity (Wildman–Crippen MR) is 152 cm³/mol. The lowest BCUT2D eigenvalue weighted by atomic mass is 10.1. The molecule has 40 heavy (non-hydrogen) atoms. The summed E-state index contributed by atoms with van der Waals surface area (Å²) in [7, 11) is 1.84. The molecule has 208 valence electrons. The van der Waals surface area contributed by atoms with Gasteiger partial charge in [-0.05, 0) is 49.9 Å². The number of halogens is 2. The van der Waals surface area contributed by atoms with E-state index in [0.717, 1.165) is 39.7 Å². The maximum absolute atomic E-state index is 15.2. The molecular formula is C29H28ClFN4O4S. The molecule has 4 aromatic rings. The number of aryl methyl sites for hydroxylation is 2. The first-order valence-electron chi connectivity index (χ1n) is 12.9. The summed E-state index contributed by atoms with van der Waals surface area (Å²) in [6.07, 6.45) is 5.09. The number of rotatable bonds is 8. The predicted octanol–water partition coefficient (Wildman–Crippen LogP) is 5.99. The highest BCUT2D eigenvalue weighted by Crippen LogP contribution is 2.39. The minimum Gasteiger partial charge on any atom is -0.481 e. The van der Waals surface area contributed by atoms with Crippen LogP contribution in [0.4, 0.5) is 10.1 Å². The number of carbonyl (C=O) groups is 3. The zero-order valence-electron chi connectivity index (χ0n) is 22.0. The summed E-state index contributed by atoms with van der Waals surface area (Å²) in [5.41, 5.74) is 1.59. The van der Waals surface area contributed by atoms with Gasteiger partial charge in [0.15, 0.2) is 0 Å². The molecular weight excluding hydrogens is 555 g/mol. The highest BCUT2D eigenvalue weighted by atomic mass is 35.5. The van der Waals surface area contributed by atoms with E-state index in [2.05, 4.69) is 10.3 Å². The van der Waals surface area contributed by atoms with Crippen LogP contribution in [0.3, 0.4) is 0 Å². The number of aromatic nitrogens is 2. The second-order valence-electron chi connectivity index (χ2n) is 10.0. The van der Waals surface area contributed by atoms with E-state index in [0.29, 0.717) is 12.0 Å². The van der Waals surface area contributed by atoms with E-state index >= 15 is 4.39 Å². The Morgan fingerprint density at radius 2 is 2.00 bits per heavy atom. The molecule has 2 atom stereocenters. The monoisotopic (exact) mass is 582 g/mol. The lowest BCUT2D eigenvalue weighted by Crippen LogP contribution is -2.37. The summed E-state index contributed by atoms with van der Waals surface area (Å²) >= 11 is 7.86. The maximum atomic E-state index is 15.2. The van der Waals surface area contributed by atoms with Crippen LogP contribution in [0.5, 0.6) is 0 Å². The quantitative estimate of drug-likeness (QED) is 0.265. The number of likely N-dealkylation sites (tertiary alicyclic amines) is 1. The number of anilines is 1. The van der Waals surface area contributed by atoms with Crippen LogP contribution in [0.25, 0.3) is 10.9 Å². The third-order valence-electron chi connectivity index (χ3n) is 7.27. The summed E-state index contributed by atoms with van der Waals surface area (Å²) in [6, 6.07) is 9.71. The molecule has 2 aromatic heterocycles. The Morgan fingerprint density at radius 1 is 1.23 bits per heavy atom. The topological polar surface area (TPSA) is 105 Å². The third-order valence-corrected chi connectivity index (χ3v) is 8.74. The van der Waals surface area contributed by atoms with Gasteiger partial charge >= 0.3 is 5.97 Å². The third kappa shape index (κ3) is 5.59. The fourth-order valence-corrected chi connectivity index (χ4v) is 6.54. The van der Waals surface area contributed by atoms with E-state index in [9.17, 15) is 14.4 Å². The zero-order valence-corrected chi connectivity index (χ0v) is 23.6. The number of nitrogens with zero attached hydrogens (tertiary/aromatic N) is 3. The Hall–Kier alpha value is -3.76. The molecule has 0 aliphatic carbocycles. The number of aliphatic carboxylic acids is 1. The Labute approximate surface area is 239 Å². The molecule has 0 radical (unpaired) electrons. The highest BCUT2D eigenvalue weighted by Gasteiger charge is 2.37. The van der Waals surface area contributed by atoms with Crippen molar-refractivity contribution in [3.63, 3.8) is 0 Å². The molecule has 0 saturated carbocycles. The van der Waals surface area contributed by atoms with E-state index < -0.39 is 17.7 Å². The van der Waals surface area contributed by atoms with Crippen molar-refractivity contribution in [2.75, 3.05) is 5.32 Å². The van der Waals surface area contributed by atoms with Crippen LogP contribution in [0.2, 0.25) is 5.02 Å². The number of fused-ring (bicyclic) bond motifs is 1. The normalized spacial score (nSPS) is 16.9. The van der Waals surface area contributed by atoms with Crippen LogP contribution in [0.1, 0.15) is 58.0 Å². The number of carboxylic acids is 1. The number of thiazole rings is 1. The van der Waals surface area contributed by atoms with Crippen molar-refractivity contribution < 1.29 is 23.9 Å². The lowest BCUT2D eigenvalue weighted by molar-refractivity contribution is -0.137. The summed E-state index contributed by atoms with van der Waals surface area (Å²) in [5.74, 6) is -2.18. The molecule has 1 saturated heterocycles. The number of carboxylic acid groups (broad SMARTS) is 1. The second-order valence-corrected chi connectivity index (χ2v) is 11.6. The van der Waals surface area contributed by atoms with Crippen molar-refractivity contribution in [1.82, 2.24) is 14.5 Å². The van der Waals surface area contributed by atoms with Gasteiger partial charge in [0, 0.05) is 41.3 Å². The Kier molecular flexibility index (Phi) is 7.91. The van der Waals surface area contributed by atoms with Gasteiger partial charge in [-0.1, -0.05) is 29.8 Å². The molecule has 3 heterocycles. The van der Waals surface area contributed by atoms with Gasteiger partial charge in [0.2, 0.25) is 5.91 Å². The average Bonchev–Trinajstić information content (AvgIpc) is 3.63. The van der Waals surface area contributed by atoms with E-state index in [4.69, 9.17) is 16.7 Å². The smallest absolute Gasteiger partial charge is 0.303 e. The van der Waals surface area contributed by atoms with Crippen molar-refractivity contribution in [1.29, 1.82) is 0 Å². The molecule has 1 aliphatic heterocycles. The fraction of sp³-hybridized carbons (Fsp3) is 0.310. The van der Waals surface area contributed by atoms with Crippen LogP contribution < -0.4 is 5.32 Å². The van der Waals surface area contributed by atoms with Crippen LogP contribution >= 0.6 is 22.9 Å². The van der Waals surface area contributed by atoms with Crippen LogP contribution in [-0.2, 0) is 29.5 Å². The molecule has 1 fully saturated rings. The highest BCUT2D eigenvalue weighted by molar-refractivity contribution is 7.11. The van der Waals surface area contributed by atoms with E-state index in [1.165, 1.54) is 17.4 Å². The Morgan fingerprint density at radius 3 is 2.77 bits per heavy atom. The zero-order chi connectivity index (χ0) is 28.6. The van der Waals surface area contributed by atoms with Crippen LogP contribution in [0, 0.1) is 5.82 Å². The lowest BCUT2D eigenvalue weighted by Gasteiger charge is -2.27.